The second kappa shape index (κ2) is 28.4. The molecular formula is C23H41NS2. The molecule has 0 radical (unpaired) electrons. The largest absolute Gasteiger partial charge is 0.381 e. The molecule has 2 aromatic rings. The molecular weight excluding hydrogens is 354 g/mol. The lowest BCUT2D eigenvalue weighted by Gasteiger charge is -1.97. The second-order valence-corrected chi connectivity index (χ2v) is 6.23. The summed E-state index contributed by atoms with van der Waals surface area (Å²) in [5, 5.41) is 9.13. The summed E-state index contributed by atoms with van der Waals surface area (Å²) in [5.41, 5.74) is 0. The van der Waals surface area contributed by atoms with E-state index in [0.717, 1.165) is 5.88 Å². The van der Waals surface area contributed by atoms with Crippen molar-refractivity contribution in [3.05, 3.63) is 83.1 Å². The van der Waals surface area contributed by atoms with E-state index >= 15 is 0 Å². The van der Waals surface area contributed by atoms with Gasteiger partial charge < -0.3 is 5.32 Å². The van der Waals surface area contributed by atoms with Gasteiger partial charge in [-0.05, 0) is 41.9 Å². The first-order valence-electron chi connectivity index (χ1n) is 7.62. The Morgan fingerprint density at radius 3 is 1.23 bits per heavy atom. The Morgan fingerprint density at radius 2 is 1.08 bits per heavy atom. The third-order valence-electron chi connectivity index (χ3n) is 2.70. The minimum atomic E-state index is 0. The van der Waals surface area contributed by atoms with Crippen LogP contribution in [-0.2, 0) is 0 Å². The molecule has 0 spiro atoms. The van der Waals surface area contributed by atoms with E-state index in [-0.39, 0.29) is 29.7 Å². The molecule has 1 aromatic carbocycles. The Morgan fingerprint density at radius 1 is 0.615 bits per heavy atom. The summed E-state index contributed by atoms with van der Waals surface area (Å²) in [6.07, 6.45) is 11.9. The van der Waals surface area contributed by atoms with Gasteiger partial charge in [-0.2, -0.15) is 11.3 Å². The molecule has 0 unspecified atom stereocenters. The molecule has 150 valence electrons. The normalized spacial score (nSPS) is 12.0. The van der Waals surface area contributed by atoms with Crippen molar-refractivity contribution in [3.8, 4) is 0 Å². The molecule has 2 heterocycles. The van der Waals surface area contributed by atoms with Crippen LogP contribution in [-0.4, -0.2) is 5.88 Å². The number of benzene rings is 1. The molecule has 0 saturated heterocycles. The van der Waals surface area contributed by atoms with Gasteiger partial charge in [0.25, 0.3) is 0 Å². The van der Waals surface area contributed by atoms with Crippen LogP contribution in [0, 0.1) is 0 Å². The van der Waals surface area contributed by atoms with E-state index in [0.29, 0.717) is 0 Å². The lowest BCUT2D eigenvalue weighted by molar-refractivity contribution is 0.730. The van der Waals surface area contributed by atoms with Gasteiger partial charge in [0.2, 0.25) is 0 Å². The van der Waals surface area contributed by atoms with E-state index in [1.54, 1.807) is 23.1 Å². The fraction of sp³-hybridized carbons (Fsp3) is 0.391. The van der Waals surface area contributed by atoms with E-state index in [2.05, 4.69) is 17.5 Å². The molecule has 1 aromatic heterocycles. The predicted molar refractivity (Wildman–Crippen MR) is 130 cm³/mol. The molecule has 26 heavy (non-hydrogen) atoms. The molecule has 1 nitrogen and oxygen atoms in total. The predicted octanol–water partition coefficient (Wildman–Crippen LogP) is 8.85. The fourth-order valence-electron chi connectivity index (χ4n) is 1.61. The van der Waals surface area contributed by atoms with E-state index in [1.165, 1.54) is 25.7 Å². The number of thiophene rings is 1. The van der Waals surface area contributed by atoms with Crippen LogP contribution in [0.25, 0.3) is 0 Å². The maximum atomic E-state index is 3.00. The summed E-state index contributed by atoms with van der Waals surface area (Å²) in [4.78, 5) is 0. The van der Waals surface area contributed by atoms with E-state index in [1.807, 2.05) is 70.9 Å². The molecule has 0 fully saturated rings. The number of nitrogens with one attached hydrogen (secondary N) is 1. The topological polar surface area (TPSA) is 12.0 Å². The molecule has 3 heteroatoms. The Labute approximate surface area is 172 Å². The van der Waals surface area contributed by atoms with Crippen LogP contribution in [0.3, 0.4) is 0 Å². The quantitative estimate of drug-likeness (QED) is 0.447. The van der Waals surface area contributed by atoms with Crippen molar-refractivity contribution >= 4 is 23.1 Å². The van der Waals surface area contributed by atoms with Gasteiger partial charge in [-0.3, -0.25) is 0 Å². The number of hydrogen-bond donors (Lipinski definition) is 1. The van der Waals surface area contributed by atoms with Gasteiger partial charge in [-0.1, -0.05) is 90.4 Å². The van der Waals surface area contributed by atoms with Crippen molar-refractivity contribution in [2.45, 2.75) is 55.4 Å². The van der Waals surface area contributed by atoms with Gasteiger partial charge in [-0.15, -0.1) is 11.8 Å². The van der Waals surface area contributed by atoms with Crippen LogP contribution >= 0.6 is 23.1 Å². The van der Waals surface area contributed by atoms with Crippen LogP contribution < -0.4 is 5.32 Å². The highest BCUT2D eigenvalue weighted by Crippen LogP contribution is 2.07. The molecule has 1 N–H and O–H groups in total. The van der Waals surface area contributed by atoms with Gasteiger partial charge in [0, 0.05) is 6.20 Å². The van der Waals surface area contributed by atoms with Crippen molar-refractivity contribution < 1.29 is 0 Å². The first-order valence-corrected chi connectivity index (χ1v) is 9.61. The number of rotatable bonds is 0. The summed E-state index contributed by atoms with van der Waals surface area (Å²) in [5.74, 6) is 1.06. The number of thioether (sulfide) groups is 1. The first kappa shape index (κ1) is 32.2. The summed E-state index contributed by atoms with van der Waals surface area (Å²) in [6, 6.07) is 16.0. The Kier molecular flexibility index (Phi) is 35.2. The zero-order chi connectivity index (χ0) is 15.6. The maximum Gasteiger partial charge on any atom is 0.0646 e. The molecule has 0 amide bonds. The van der Waals surface area contributed by atoms with Gasteiger partial charge in [0.1, 0.15) is 0 Å². The lowest BCUT2D eigenvalue weighted by atomic mass is 10.1. The Balaban J connectivity index is -0.000000118. The van der Waals surface area contributed by atoms with Gasteiger partial charge in [0.15, 0.2) is 0 Å². The van der Waals surface area contributed by atoms with E-state index in [4.69, 9.17) is 0 Å². The molecule has 1 aliphatic carbocycles. The highest BCUT2D eigenvalue weighted by Gasteiger charge is 1.87. The summed E-state index contributed by atoms with van der Waals surface area (Å²) >= 11 is 3.50. The molecule has 4 rings (SSSR count). The highest BCUT2D eigenvalue weighted by molar-refractivity contribution is 8.02. The van der Waals surface area contributed by atoms with Crippen LogP contribution in [0.5, 0.6) is 0 Å². The van der Waals surface area contributed by atoms with Crippen molar-refractivity contribution in [1.82, 2.24) is 5.32 Å². The monoisotopic (exact) mass is 395 g/mol. The third-order valence-corrected chi connectivity index (χ3v) is 3.99. The fourth-order valence-corrected chi connectivity index (χ4v) is 2.55. The molecule has 0 bridgehead atoms. The van der Waals surface area contributed by atoms with Crippen molar-refractivity contribution in [1.29, 1.82) is 0 Å². The molecule has 0 saturated carbocycles. The molecule has 1 aliphatic heterocycles. The highest BCUT2D eigenvalue weighted by atomic mass is 32.2. The molecule has 2 aliphatic rings. The van der Waals surface area contributed by atoms with E-state index in [9.17, 15) is 0 Å². The zero-order valence-corrected chi connectivity index (χ0v) is 14.6. The molecule has 0 atom stereocenters. The van der Waals surface area contributed by atoms with Crippen LogP contribution in [0.1, 0.15) is 55.4 Å². The van der Waals surface area contributed by atoms with Crippen LogP contribution in [0.15, 0.2) is 83.1 Å². The minimum Gasteiger partial charge on any atom is -0.381 e. The zero-order valence-electron chi connectivity index (χ0n) is 12.9. The Hall–Kier alpha value is -1.45. The first-order chi connectivity index (χ1) is 11.0. The maximum absolute atomic E-state index is 3.00. The Bertz CT molecular complexity index is 406. The summed E-state index contributed by atoms with van der Waals surface area (Å²) in [7, 11) is 0. The standard InChI is InChI=1S/C6H10.C6H6.C4H4S.C3H5NS.4CH4/c2*1-2-4-6-5-3-1;1-2-4-5-3-1;1-2-5-3-4-1;;;;/h1-2H,3-6H2;1-6H;1-4H;1-2,4H,3H2;4*1H4. The average Bonchev–Trinajstić information content (AvgIpc) is 3.37. The van der Waals surface area contributed by atoms with Gasteiger partial charge >= 0.3 is 0 Å². The van der Waals surface area contributed by atoms with Crippen molar-refractivity contribution in [3.63, 3.8) is 0 Å². The lowest BCUT2D eigenvalue weighted by Crippen LogP contribution is -1.93. The van der Waals surface area contributed by atoms with Gasteiger partial charge in [0.05, 0.1) is 5.88 Å². The van der Waals surface area contributed by atoms with Gasteiger partial charge in [-0.25, -0.2) is 0 Å². The second-order valence-electron chi connectivity index (χ2n) is 4.52. The number of allylic oxidation sites excluding steroid dienone is 2. The van der Waals surface area contributed by atoms with Crippen LogP contribution in [0.2, 0.25) is 0 Å². The van der Waals surface area contributed by atoms with Crippen LogP contribution in [0.4, 0.5) is 0 Å². The SMILES string of the molecule is C.C.C.C.C1=CCCCC1.C1=CSCN1.c1ccccc1.c1ccsc1. The minimum absolute atomic E-state index is 0. The average molecular weight is 396 g/mol. The van der Waals surface area contributed by atoms with Crippen molar-refractivity contribution in [2.75, 3.05) is 5.88 Å². The summed E-state index contributed by atoms with van der Waals surface area (Å²) in [6.45, 7) is 0. The smallest absolute Gasteiger partial charge is 0.0646 e. The third kappa shape index (κ3) is 24.8. The number of hydrogen-bond acceptors (Lipinski definition) is 3. The van der Waals surface area contributed by atoms with E-state index < -0.39 is 0 Å². The summed E-state index contributed by atoms with van der Waals surface area (Å²) < 4.78 is 0. The van der Waals surface area contributed by atoms with Crippen molar-refractivity contribution in [2.24, 2.45) is 0 Å².